The van der Waals surface area contributed by atoms with E-state index in [-0.39, 0.29) is 17.9 Å². The minimum atomic E-state index is -0.835. The minimum Gasteiger partial charge on any atom is -0.337 e. The van der Waals surface area contributed by atoms with Crippen LogP contribution in [0.5, 0.6) is 0 Å². The summed E-state index contributed by atoms with van der Waals surface area (Å²) in [7, 11) is 0. The topological polar surface area (TPSA) is 56.1 Å². The number of fused-ring (bicyclic) bond motifs is 1. The van der Waals surface area contributed by atoms with E-state index in [1.54, 1.807) is 6.92 Å². The van der Waals surface area contributed by atoms with Crippen LogP contribution in [0, 0.1) is 17.2 Å². The Labute approximate surface area is 162 Å². The summed E-state index contributed by atoms with van der Waals surface area (Å²) in [4.78, 5) is 15.0. The van der Waals surface area contributed by atoms with Gasteiger partial charge in [0.15, 0.2) is 0 Å². The largest absolute Gasteiger partial charge is 0.337 e. The van der Waals surface area contributed by atoms with E-state index >= 15 is 0 Å². The molecule has 0 bridgehead atoms. The Morgan fingerprint density at radius 2 is 1.89 bits per heavy atom. The first-order valence-corrected chi connectivity index (χ1v) is 9.81. The van der Waals surface area contributed by atoms with Gasteiger partial charge in [0.25, 0.3) is 0 Å². The molecular formula is C23H29N3O. The van der Waals surface area contributed by atoms with Gasteiger partial charge in [-0.3, -0.25) is 9.69 Å². The number of nitrogens with one attached hydrogen (secondary N) is 1. The number of hydrogen-bond donors (Lipinski definition) is 1. The van der Waals surface area contributed by atoms with Crippen LogP contribution in [0.1, 0.15) is 52.1 Å². The van der Waals surface area contributed by atoms with Gasteiger partial charge in [-0.1, -0.05) is 50.2 Å². The van der Waals surface area contributed by atoms with Gasteiger partial charge < -0.3 is 5.32 Å². The zero-order valence-corrected chi connectivity index (χ0v) is 16.7. The predicted molar refractivity (Wildman–Crippen MR) is 109 cm³/mol. The van der Waals surface area contributed by atoms with E-state index in [1.807, 2.05) is 19.9 Å². The molecule has 2 atom stereocenters. The first-order chi connectivity index (χ1) is 12.8. The molecule has 1 saturated carbocycles. The van der Waals surface area contributed by atoms with Crippen molar-refractivity contribution in [3.8, 4) is 6.07 Å². The molecule has 0 saturated heterocycles. The Kier molecular flexibility index (Phi) is 5.53. The molecule has 0 aliphatic heterocycles. The van der Waals surface area contributed by atoms with Gasteiger partial charge in [-0.25, -0.2) is 0 Å². The Morgan fingerprint density at radius 3 is 2.48 bits per heavy atom. The van der Waals surface area contributed by atoms with Gasteiger partial charge in [-0.2, -0.15) is 5.26 Å². The molecule has 1 N–H and O–H groups in total. The number of nitriles is 1. The molecule has 1 aliphatic rings. The van der Waals surface area contributed by atoms with Gasteiger partial charge in [-0.05, 0) is 55.0 Å². The third kappa shape index (κ3) is 4.31. The summed E-state index contributed by atoms with van der Waals surface area (Å²) in [6.07, 6.45) is 2.26. The smallest absolute Gasteiger partial charge is 0.235 e. The number of carbonyl (C=O) groups excluding carboxylic acids is 1. The molecule has 0 radical (unpaired) electrons. The van der Waals surface area contributed by atoms with Crippen LogP contribution >= 0.6 is 0 Å². The number of nitrogens with zero attached hydrogens (tertiary/aromatic N) is 2. The van der Waals surface area contributed by atoms with E-state index in [9.17, 15) is 10.1 Å². The molecule has 2 aromatic carbocycles. The summed E-state index contributed by atoms with van der Waals surface area (Å²) in [5.41, 5.74) is 0.388. The van der Waals surface area contributed by atoms with Gasteiger partial charge in [0.2, 0.25) is 5.91 Å². The fourth-order valence-corrected chi connectivity index (χ4v) is 3.44. The zero-order chi connectivity index (χ0) is 19.6. The molecule has 2 unspecified atom stereocenters. The molecule has 4 nitrogen and oxygen atoms in total. The minimum absolute atomic E-state index is 0.0544. The highest BCUT2D eigenvalue weighted by Gasteiger charge is 2.36. The van der Waals surface area contributed by atoms with Crippen LogP contribution in [-0.4, -0.2) is 28.9 Å². The summed E-state index contributed by atoms with van der Waals surface area (Å²) in [5.74, 6) is -0.0222. The SMILES string of the molecule is CC(c1ccc2ccccc2c1)N(CC(=O)NC(C)(C#N)C(C)C)C1CC1. The van der Waals surface area contributed by atoms with Crippen molar-refractivity contribution >= 4 is 16.7 Å². The predicted octanol–water partition coefficient (Wildman–Crippen LogP) is 4.42. The molecule has 0 heterocycles. The lowest BCUT2D eigenvalue weighted by atomic mass is 9.90. The van der Waals surface area contributed by atoms with Crippen LogP contribution in [0.2, 0.25) is 0 Å². The highest BCUT2D eigenvalue weighted by molar-refractivity contribution is 5.83. The van der Waals surface area contributed by atoms with E-state index in [2.05, 4.69) is 59.6 Å². The number of rotatable bonds is 7. The van der Waals surface area contributed by atoms with Crippen molar-refractivity contribution in [1.82, 2.24) is 10.2 Å². The summed E-state index contributed by atoms with van der Waals surface area (Å²) >= 11 is 0. The second kappa shape index (κ2) is 7.70. The second-order valence-electron chi connectivity index (χ2n) is 8.20. The van der Waals surface area contributed by atoms with Crippen molar-refractivity contribution in [2.24, 2.45) is 5.92 Å². The molecule has 1 aliphatic carbocycles. The van der Waals surface area contributed by atoms with Crippen molar-refractivity contribution < 1.29 is 4.79 Å². The zero-order valence-electron chi connectivity index (χ0n) is 16.7. The van der Waals surface area contributed by atoms with E-state index in [4.69, 9.17) is 0 Å². The lowest BCUT2D eigenvalue weighted by Gasteiger charge is -2.32. The Morgan fingerprint density at radius 1 is 1.22 bits per heavy atom. The van der Waals surface area contributed by atoms with Crippen molar-refractivity contribution in [3.63, 3.8) is 0 Å². The number of hydrogen-bond acceptors (Lipinski definition) is 3. The molecule has 1 fully saturated rings. The normalized spacial score (nSPS) is 17.5. The quantitative estimate of drug-likeness (QED) is 0.792. The van der Waals surface area contributed by atoms with E-state index in [0.717, 1.165) is 12.8 Å². The molecular weight excluding hydrogens is 334 g/mol. The first-order valence-electron chi connectivity index (χ1n) is 9.81. The second-order valence-corrected chi connectivity index (χ2v) is 8.20. The van der Waals surface area contributed by atoms with Gasteiger partial charge in [0.05, 0.1) is 12.6 Å². The third-order valence-electron chi connectivity index (χ3n) is 5.88. The molecule has 0 spiro atoms. The fraction of sp³-hybridized carbons (Fsp3) is 0.478. The van der Waals surface area contributed by atoms with Gasteiger partial charge in [0.1, 0.15) is 5.54 Å². The average Bonchev–Trinajstić information content (AvgIpc) is 3.50. The number of carbonyl (C=O) groups is 1. The summed E-state index contributed by atoms with van der Waals surface area (Å²) in [6, 6.07) is 17.7. The monoisotopic (exact) mass is 363 g/mol. The highest BCUT2D eigenvalue weighted by atomic mass is 16.2. The maximum atomic E-state index is 12.7. The maximum Gasteiger partial charge on any atom is 0.235 e. The van der Waals surface area contributed by atoms with Gasteiger partial charge in [0, 0.05) is 12.1 Å². The van der Waals surface area contributed by atoms with Crippen LogP contribution in [0.15, 0.2) is 42.5 Å². The number of amides is 1. The van der Waals surface area contributed by atoms with Crippen LogP contribution in [0.4, 0.5) is 0 Å². The van der Waals surface area contributed by atoms with Crippen LogP contribution in [0.3, 0.4) is 0 Å². The standard InChI is InChI=1S/C23H29N3O/c1-16(2)23(4,15-24)25-22(27)14-26(21-11-12-21)17(3)19-10-9-18-7-5-6-8-20(18)13-19/h5-10,13,16-17,21H,11-12,14H2,1-4H3,(H,25,27). The van der Waals surface area contributed by atoms with E-state index in [1.165, 1.54) is 16.3 Å². The third-order valence-corrected chi connectivity index (χ3v) is 5.88. The average molecular weight is 364 g/mol. The molecule has 27 heavy (non-hydrogen) atoms. The molecule has 3 rings (SSSR count). The first kappa shape index (κ1) is 19.4. The van der Waals surface area contributed by atoms with E-state index in [0.29, 0.717) is 12.6 Å². The van der Waals surface area contributed by atoms with Crippen molar-refractivity contribution in [2.75, 3.05) is 6.54 Å². The Bertz CT molecular complexity index is 865. The molecule has 4 heteroatoms. The van der Waals surface area contributed by atoms with Crippen LogP contribution in [0.25, 0.3) is 10.8 Å². The maximum absolute atomic E-state index is 12.7. The van der Waals surface area contributed by atoms with Gasteiger partial charge >= 0.3 is 0 Å². The summed E-state index contributed by atoms with van der Waals surface area (Å²) < 4.78 is 0. The summed E-state index contributed by atoms with van der Waals surface area (Å²) in [6.45, 7) is 8.20. The lowest BCUT2D eigenvalue weighted by molar-refractivity contribution is -0.124. The summed E-state index contributed by atoms with van der Waals surface area (Å²) in [5, 5.41) is 14.9. The number of benzene rings is 2. The molecule has 142 valence electrons. The Hall–Kier alpha value is -2.38. The molecule has 2 aromatic rings. The van der Waals surface area contributed by atoms with Crippen molar-refractivity contribution in [2.45, 2.75) is 58.2 Å². The van der Waals surface area contributed by atoms with E-state index < -0.39 is 5.54 Å². The Balaban J connectivity index is 1.76. The fourth-order valence-electron chi connectivity index (χ4n) is 3.44. The van der Waals surface area contributed by atoms with Gasteiger partial charge in [-0.15, -0.1) is 0 Å². The van der Waals surface area contributed by atoms with Crippen molar-refractivity contribution in [1.29, 1.82) is 5.26 Å². The van der Waals surface area contributed by atoms with Crippen LogP contribution in [-0.2, 0) is 4.79 Å². The highest BCUT2D eigenvalue weighted by Crippen LogP contribution is 2.35. The molecule has 1 amide bonds. The lowest BCUT2D eigenvalue weighted by Crippen LogP contribution is -2.52. The van der Waals surface area contributed by atoms with Crippen molar-refractivity contribution in [3.05, 3.63) is 48.0 Å². The molecule has 0 aromatic heterocycles. The van der Waals surface area contributed by atoms with Crippen LogP contribution < -0.4 is 5.32 Å².